The molecule has 0 radical (unpaired) electrons. The number of ketones is 1. The SMILES string of the molecule is C/C([OH2+])=C/C(=N)C(=O)N[C@@H](Cc1cccnc1)C(=O)N1CCC[C@H]1C(=O)N[C@@H](C[C@@H]1CCNC1=O)C(=O)C(=O)NC(C)C. The number of rotatable bonds is 13. The molecule has 0 unspecified atom stereocenters. The number of carbonyl (C=O) groups excluding carboxylic acids is 6. The van der Waals surface area contributed by atoms with E-state index in [-0.39, 0.29) is 43.5 Å². The summed E-state index contributed by atoms with van der Waals surface area (Å²) in [6.07, 6.45) is 5.35. The van der Waals surface area contributed by atoms with Gasteiger partial charge in [0.15, 0.2) is 0 Å². The lowest BCUT2D eigenvalue weighted by Gasteiger charge is -2.30. The molecule has 0 aromatic carbocycles. The van der Waals surface area contributed by atoms with Gasteiger partial charge in [-0.15, -0.1) is 0 Å². The molecule has 4 atom stereocenters. The van der Waals surface area contributed by atoms with Crippen molar-refractivity contribution in [2.24, 2.45) is 5.92 Å². The Bertz CT molecular complexity index is 1280. The van der Waals surface area contributed by atoms with E-state index in [1.165, 1.54) is 18.0 Å². The molecule has 2 fully saturated rings. The highest BCUT2D eigenvalue weighted by molar-refractivity contribution is 6.42. The predicted octanol–water partition coefficient (Wildman–Crippen LogP) is -1.15. The number of hydrogen-bond donors (Lipinski definition) is 5. The van der Waals surface area contributed by atoms with Crippen LogP contribution in [0.25, 0.3) is 0 Å². The Morgan fingerprint density at radius 3 is 2.49 bits per heavy atom. The zero-order valence-corrected chi connectivity index (χ0v) is 24.6. The average molecular weight is 599 g/mol. The second-order valence-corrected chi connectivity index (χ2v) is 11.1. The van der Waals surface area contributed by atoms with Crippen LogP contribution >= 0.6 is 0 Å². The second-order valence-electron chi connectivity index (χ2n) is 11.1. The van der Waals surface area contributed by atoms with Gasteiger partial charge in [-0.3, -0.25) is 39.2 Å². The average Bonchev–Trinajstić information content (AvgIpc) is 3.60. The van der Waals surface area contributed by atoms with Gasteiger partial charge in [0.05, 0.1) is 12.1 Å². The van der Waals surface area contributed by atoms with Gasteiger partial charge < -0.3 is 31.3 Å². The van der Waals surface area contributed by atoms with Crippen molar-refractivity contribution in [2.45, 2.75) is 77.0 Å². The monoisotopic (exact) mass is 598 g/mol. The summed E-state index contributed by atoms with van der Waals surface area (Å²) in [7, 11) is 0. The van der Waals surface area contributed by atoms with Crippen molar-refractivity contribution in [3.8, 4) is 0 Å². The summed E-state index contributed by atoms with van der Waals surface area (Å²) in [4.78, 5) is 83.3. The first-order chi connectivity index (χ1) is 20.4. The van der Waals surface area contributed by atoms with Crippen LogP contribution in [-0.2, 0) is 35.2 Å². The fraction of sp³-hybridized carbons (Fsp3) is 0.517. The number of pyridine rings is 1. The van der Waals surface area contributed by atoms with Crippen LogP contribution in [0.5, 0.6) is 0 Å². The van der Waals surface area contributed by atoms with Gasteiger partial charge in [-0.05, 0) is 51.2 Å². The number of allylic oxidation sites excluding steroid dienone is 1. The minimum Gasteiger partial charge on any atom is -0.597 e. The highest BCUT2D eigenvalue weighted by Crippen LogP contribution is 2.22. The van der Waals surface area contributed by atoms with Crippen molar-refractivity contribution in [2.75, 3.05) is 13.1 Å². The summed E-state index contributed by atoms with van der Waals surface area (Å²) in [5, 5.41) is 25.9. The first-order valence-corrected chi connectivity index (χ1v) is 14.3. The maximum absolute atomic E-state index is 13.8. The van der Waals surface area contributed by atoms with Crippen LogP contribution < -0.4 is 21.3 Å². The second kappa shape index (κ2) is 15.0. The molecule has 0 aliphatic carbocycles. The zero-order chi connectivity index (χ0) is 31.7. The minimum absolute atomic E-state index is 0.00664. The number of likely N-dealkylation sites (tertiary alicyclic amines) is 1. The quantitative estimate of drug-likeness (QED) is 0.0813. The summed E-state index contributed by atoms with van der Waals surface area (Å²) >= 11 is 0. The Morgan fingerprint density at radius 1 is 1.14 bits per heavy atom. The van der Waals surface area contributed by atoms with Crippen LogP contribution in [0.15, 0.2) is 36.4 Å². The Hall–Kier alpha value is -4.62. The molecular formula is C29H40N7O7+. The number of carbonyl (C=O) groups is 6. The van der Waals surface area contributed by atoms with E-state index in [0.717, 1.165) is 6.08 Å². The summed E-state index contributed by atoms with van der Waals surface area (Å²) in [6.45, 7) is 5.43. The number of nitrogens with zero attached hydrogens (tertiary/aromatic N) is 2. The zero-order valence-electron chi connectivity index (χ0n) is 24.6. The molecule has 43 heavy (non-hydrogen) atoms. The first kappa shape index (κ1) is 32.9. The van der Waals surface area contributed by atoms with Gasteiger partial charge in [0.25, 0.3) is 11.8 Å². The molecule has 2 aliphatic rings. The molecule has 0 bridgehead atoms. The normalized spacial score (nSPS) is 19.8. The van der Waals surface area contributed by atoms with E-state index in [9.17, 15) is 28.8 Å². The Balaban J connectivity index is 1.81. The highest BCUT2D eigenvalue weighted by atomic mass is 16.3. The standard InChI is InChI=1S/C29H39N7O7/c1-16(2)33-28(42)24(38)21(14-19-8-10-32-25(19)39)34-27(41)23-7-5-11-36(23)29(43)22(13-18-6-4-9-31-15-18)35-26(40)20(30)12-17(3)37/h4,6,9,12,15-16,19,21-23,30,37H,5,7-8,10-11,13-14H2,1-3H3,(H,32,39)(H,33,42)(H,34,41)(H,35,40)/p+1/b17-12-,30-20?/t19-,21-,22-,23-/m0/s1. The Labute approximate surface area is 249 Å². The van der Waals surface area contributed by atoms with Gasteiger partial charge in [-0.2, -0.15) is 0 Å². The summed E-state index contributed by atoms with van der Waals surface area (Å²) in [6, 6.07) is -0.332. The van der Waals surface area contributed by atoms with Gasteiger partial charge >= 0.3 is 0 Å². The molecule has 1 aromatic heterocycles. The molecule has 7 N–H and O–H groups in total. The van der Waals surface area contributed by atoms with Crippen LogP contribution in [-0.4, -0.2) is 93.3 Å². The molecule has 232 valence electrons. The van der Waals surface area contributed by atoms with E-state index < -0.39 is 59.2 Å². The van der Waals surface area contributed by atoms with E-state index in [1.807, 2.05) is 0 Å². The van der Waals surface area contributed by atoms with Gasteiger partial charge in [-0.25, -0.2) is 0 Å². The van der Waals surface area contributed by atoms with Gasteiger partial charge in [0, 0.05) is 50.8 Å². The van der Waals surface area contributed by atoms with Crippen molar-refractivity contribution in [3.05, 3.63) is 41.9 Å². The third-order valence-corrected chi connectivity index (χ3v) is 7.17. The maximum Gasteiger partial charge on any atom is 0.289 e. The fourth-order valence-corrected chi connectivity index (χ4v) is 5.12. The first-order valence-electron chi connectivity index (χ1n) is 14.3. The third-order valence-electron chi connectivity index (χ3n) is 7.17. The lowest BCUT2D eigenvalue weighted by molar-refractivity contribution is -0.143. The molecule has 1 aromatic rings. The molecular weight excluding hydrogens is 558 g/mol. The topological polar surface area (TPSA) is 213 Å². The largest absolute Gasteiger partial charge is 0.597 e. The van der Waals surface area contributed by atoms with Crippen molar-refractivity contribution in [3.63, 3.8) is 0 Å². The van der Waals surface area contributed by atoms with Crippen molar-refractivity contribution in [1.29, 1.82) is 5.41 Å². The van der Waals surface area contributed by atoms with Crippen molar-refractivity contribution in [1.82, 2.24) is 31.2 Å². The lowest BCUT2D eigenvalue weighted by atomic mass is 9.95. The molecule has 14 nitrogen and oxygen atoms in total. The number of amides is 5. The van der Waals surface area contributed by atoms with E-state index >= 15 is 0 Å². The van der Waals surface area contributed by atoms with Gasteiger partial charge in [-0.1, -0.05) is 6.07 Å². The van der Waals surface area contributed by atoms with Crippen LogP contribution in [0.1, 0.15) is 52.0 Å². The van der Waals surface area contributed by atoms with Crippen LogP contribution in [0, 0.1) is 11.3 Å². The van der Waals surface area contributed by atoms with Gasteiger partial charge in [0.2, 0.25) is 29.3 Å². The summed E-state index contributed by atoms with van der Waals surface area (Å²) in [5.41, 5.74) is 0.140. The predicted molar refractivity (Wildman–Crippen MR) is 156 cm³/mol. The minimum atomic E-state index is -1.27. The van der Waals surface area contributed by atoms with Crippen molar-refractivity contribution < 1.29 is 33.9 Å². The third kappa shape index (κ3) is 9.18. The molecule has 3 heterocycles. The lowest BCUT2D eigenvalue weighted by Crippen LogP contribution is -2.57. The summed E-state index contributed by atoms with van der Waals surface area (Å²) in [5.74, 6) is -4.65. The molecule has 2 saturated heterocycles. The number of hydrogen-bond acceptors (Lipinski definition) is 8. The van der Waals surface area contributed by atoms with E-state index in [1.54, 1.807) is 32.2 Å². The molecule has 0 saturated carbocycles. The maximum atomic E-state index is 13.8. The summed E-state index contributed by atoms with van der Waals surface area (Å²) < 4.78 is 0. The molecule has 3 rings (SSSR count). The molecule has 14 heteroatoms. The highest BCUT2D eigenvalue weighted by Gasteiger charge is 2.41. The van der Waals surface area contributed by atoms with Crippen LogP contribution in [0.2, 0.25) is 0 Å². The molecule has 5 amide bonds. The fourth-order valence-electron chi connectivity index (χ4n) is 5.12. The van der Waals surface area contributed by atoms with E-state index in [4.69, 9.17) is 10.5 Å². The van der Waals surface area contributed by atoms with E-state index in [2.05, 4.69) is 26.3 Å². The molecule has 2 aliphatic heterocycles. The number of Topliss-reactive ketones (excluding diaryl/α,β-unsaturated/α-hetero) is 1. The smallest absolute Gasteiger partial charge is 0.289 e. The number of nitrogens with one attached hydrogen (secondary N) is 5. The Kier molecular flexibility index (Phi) is 11.5. The number of aromatic nitrogens is 1. The Morgan fingerprint density at radius 2 is 1.88 bits per heavy atom. The van der Waals surface area contributed by atoms with Gasteiger partial charge in [0.1, 0.15) is 17.8 Å². The van der Waals surface area contributed by atoms with E-state index in [0.29, 0.717) is 24.9 Å². The van der Waals surface area contributed by atoms with Crippen LogP contribution in [0.3, 0.4) is 0 Å². The molecule has 0 spiro atoms. The van der Waals surface area contributed by atoms with Crippen molar-refractivity contribution >= 4 is 41.0 Å². The van der Waals surface area contributed by atoms with Crippen LogP contribution in [0.4, 0.5) is 0 Å².